The van der Waals surface area contributed by atoms with E-state index in [-0.39, 0.29) is 24.5 Å². The van der Waals surface area contributed by atoms with Gasteiger partial charge in [-0.25, -0.2) is 4.79 Å². The fourth-order valence-corrected chi connectivity index (χ4v) is 3.53. The van der Waals surface area contributed by atoms with Gasteiger partial charge in [-0.3, -0.25) is 14.4 Å². The minimum absolute atomic E-state index is 0.00848. The van der Waals surface area contributed by atoms with Crippen LogP contribution in [0.4, 0.5) is 0 Å². The van der Waals surface area contributed by atoms with Gasteiger partial charge in [0.25, 0.3) is 0 Å². The van der Waals surface area contributed by atoms with E-state index in [1.807, 2.05) is 13.8 Å². The van der Waals surface area contributed by atoms with Crippen LogP contribution in [-0.2, 0) is 25.6 Å². The van der Waals surface area contributed by atoms with Crippen molar-refractivity contribution < 1.29 is 34.5 Å². The smallest absolute Gasteiger partial charge is 0.328 e. The topological polar surface area (TPSA) is 217 Å². The molecule has 6 unspecified atom stereocenters. The molecule has 0 saturated carbocycles. The molecule has 37 heavy (non-hydrogen) atoms. The van der Waals surface area contributed by atoms with Gasteiger partial charge in [0, 0.05) is 6.42 Å². The summed E-state index contributed by atoms with van der Waals surface area (Å²) in [5.74, 6) is -3.53. The minimum Gasteiger partial charge on any atom is -0.508 e. The molecule has 0 bridgehead atoms. The zero-order valence-corrected chi connectivity index (χ0v) is 21.6. The number of carboxylic acid groups (broad SMARTS) is 1. The molecule has 0 aliphatic heterocycles. The number of phenols is 1. The first-order valence-electron chi connectivity index (χ1n) is 12.5. The predicted octanol–water partition coefficient (Wildman–Crippen LogP) is -0.643. The van der Waals surface area contributed by atoms with Gasteiger partial charge in [0.1, 0.15) is 17.8 Å². The highest BCUT2D eigenvalue weighted by molar-refractivity contribution is 5.94. The molecule has 208 valence electrons. The summed E-state index contributed by atoms with van der Waals surface area (Å²) in [4.78, 5) is 50.5. The van der Waals surface area contributed by atoms with E-state index in [0.717, 1.165) is 0 Å². The number of carbonyl (C=O) groups is 4. The Hall–Kier alpha value is -3.22. The summed E-state index contributed by atoms with van der Waals surface area (Å²) in [6, 6.07) is 1.26. The second kappa shape index (κ2) is 15.8. The molecule has 0 aromatic heterocycles. The summed E-state index contributed by atoms with van der Waals surface area (Å²) in [6.07, 6.45) is 0.633. The lowest BCUT2D eigenvalue weighted by atomic mass is 9.98. The van der Waals surface area contributed by atoms with Crippen molar-refractivity contribution in [2.45, 2.75) is 83.1 Å². The second-order valence-corrected chi connectivity index (χ2v) is 9.25. The van der Waals surface area contributed by atoms with Crippen LogP contribution >= 0.6 is 0 Å². The minimum atomic E-state index is -1.60. The van der Waals surface area contributed by atoms with Gasteiger partial charge in [0.05, 0.1) is 12.1 Å². The van der Waals surface area contributed by atoms with Crippen LogP contribution < -0.4 is 27.4 Å². The maximum atomic E-state index is 13.3. The summed E-state index contributed by atoms with van der Waals surface area (Å²) >= 11 is 0. The van der Waals surface area contributed by atoms with Gasteiger partial charge in [-0.15, -0.1) is 0 Å². The number of carboxylic acids is 1. The zero-order chi connectivity index (χ0) is 28.1. The fraction of sp³-hybridized carbons (Fsp3) is 0.600. The summed E-state index contributed by atoms with van der Waals surface area (Å²) < 4.78 is 0. The zero-order valence-electron chi connectivity index (χ0n) is 21.6. The van der Waals surface area contributed by atoms with Crippen molar-refractivity contribution >= 4 is 23.7 Å². The molecular formula is C25H41N5O7. The number of nitrogens with one attached hydrogen (secondary N) is 3. The Morgan fingerprint density at radius 2 is 1.49 bits per heavy atom. The fourth-order valence-electron chi connectivity index (χ4n) is 3.53. The quantitative estimate of drug-likeness (QED) is 0.129. The largest absolute Gasteiger partial charge is 0.508 e. The van der Waals surface area contributed by atoms with Crippen molar-refractivity contribution in [3.63, 3.8) is 0 Å². The molecule has 0 spiro atoms. The Balaban J connectivity index is 3.16. The van der Waals surface area contributed by atoms with E-state index in [1.54, 1.807) is 12.1 Å². The molecule has 3 amide bonds. The monoisotopic (exact) mass is 523 g/mol. The van der Waals surface area contributed by atoms with E-state index < -0.39 is 54.0 Å². The number of aliphatic hydroxyl groups excluding tert-OH is 1. The number of carbonyl (C=O) groups excluding carboxylic acids is 3. The number of rotatable bonds is 16. The van der Waals surface area contributed by atoms with Crippen LogP contribution in [0.1, 0.15) is 52.0 Å². The Morgan fingerprint density at radius 3 is 2.00 bits per heavy atom. The van der Waals surface area contributed by atoms with Crippen molar-refractivity contribution in [2.24, 2.45) is 17.4 Å². The average Bonchev–Trinajstić information content (AvgIpc) is 2.85. The van der Waals surface area contributed by atoms with Crippen molar-refractivity contribution in [1.82, 2.24) is 16.0 Å². The number of hydrogen-bond acceptors (Lipinski definition) is 8. The first-order chi connectivity index (χ1) is 17.4. The van der Waals surface area contributed by atoms with Crippen molar-refractivity contribution in [3.8, 4) is 5.75 Å². The molecule has 12 nitrogen and oxygen atoms in total. The maximum Gasteiger partial charge on any atom is 0.328 e. The molecule has 12 heteroatoms. The molecule has 1 aromatic rings. The van der Waals surface area contributed by atoms with Crippen LogP contribution in [0.5, 0.6) is 5.75 Å². The first-order valence-corrected chi connectivity index (χ1v) is 12.5. The van der Waals surface area contributed by atoms with Gasteiger partial charge in [0.15, 0.2) is 6.04 Å². The Morgan fingerprint density at radius 1 is 0.919 bits per heavy atom. The highest BCUT2D eigenvalue weighted by atomic mass is 16.4. The third-order valence-corrected chi connectivity index (χ3v) is 6.20. The molecule has 1 aromatic carbocycles. The van der Waals surface area contributed by atoms with Crippen LogP contribution in [0.25, 0.3) is 0 Å². The number of nitrogens with two attached hydrogens (primary N) is 2. The molecule has 0 radical (unpaired) electrons. The van der Waals surface area contributed by atoms with E-state index in [4.69, 9.17) is 11.5 Å². The molecule has 10 N–H and O–H groups in total. The number of aromatic hydroxyl groups is 1. The Bertz CT molecular complexity index is 894. The SMILES string of the molecule is CCC(C)C(N)C(=O)NC(CCCCN)C(=O)NC(Cc1ccc(O)cc1)C(=O)NC(C(=O)O)C(C)O. The summed E-state index contributed by atoms with van der Waals surface area (Å²) in [6.45, 7) is 5.34. The second-order valence-electron chi connectivity index (χ2n) is 9.25. The molecule has 0 saturated heterocycles. The number of unbranched alkanes of at least 4 members (excludes halogenated alkanes) is 1. The van der Waals surface area contributed by atoms with Crippen LogP contribution in [-0.4, -0.2) is 75.8 Å². The number of phenolic OH excluding ortho intramolecular Hbond substituents is 1. The van der Waals surface area contributed by atoms with Crippen molar-refractivity contribution in [1.29, 1.82) is 0 Å². The van der Waals surface area contributed by atoms with Gasteiger partial charge in [0.2, 0.25) is 17.7 Å². The number of benzene rings is 1. The molecule has 0 aliphatic carbocycles. The van der Waals surface area contributed by atoms with Crippen LogP contribution in [0.3, 0.4) is 0 Å². The Kier molecular flexibility index (Phi) is 13.6. The lowest BCUT2D eigenvalue weighted by Crippen LogP contribution is -2.59. The summed E-state index contributed by atoms with van der Waals surface area (Å²) in [5, 5.41) is 36.2. The standard InChI is InChI=1S/C25H41N5O7/c1-4-14(2)20(27)24(35)28-18(7-5-6-12-26)22(33)29-19(13-16-8-10-17(32)11-9-16)23(34)30-21(15(3)31)25(36)37/h8-11,14-15,18-21,31-32H,4-7,12-13,26-27H2,1-3H3,(H,28,35)(H,29,33)(H,30,34)(H,36,37). The van der Waals surface area contributed by atoms with E-state index in [9.17, 15) is 34.5 Å². The van der Waals surface area contributed by atoms with Crippen molar-refractivity contribution in [3.05, 3.63) is 29.8 Å². The number of hydrogen-bond donors (Lipinski definition) is 8. The Labute approximate surface area is 217 Å². The molecule has 6 atom stereocenters. The molecule has 0 heterocycles. The molecule has 0 aliphatic rings. The predicted molar refractivity (Wildman–Crippen MR) is 137 cm³/mol. The van der Waals surface area contributed by atoms with Crippen molar-refractivity contribution in [2.75, 3.05) is 6.54 Å². The number of aliphatic hydroxyl groups is 1. The van der Waals surface area contributed by atoms with Gasteiger partial charge >= 0.3 is 5.97 Å². The van der Waals surface area contributed by atoms with Crippen LogP contribution in [0.2, 0.25) is 0 Å². The number of aliphatic carboxylic acids is 1. The summed E-state index contributed by atoms with van der Waals surface area (Å²) in [7, 11) is 0. The van der Waals surface area contributed by atoms with E-state index >= 15 is 0 Å². The van der Waals surface area contributed by atoms with E-state index in [2.05, 4.69) is 16.0 Å². The first kappa shape index (κ1) is 31.8. The third kappa shape index (κ3) is 10.7. The number of amides is 3. The van der Waals surface area contributed by atoms with Crippen LogP contribution in [0.15, 0.2) is 24.3 Å². The lowest BCUT2D eigenvalue weighted by molar-refractivity contribution is -0.145. The summed E-state index contributed by atoms with van der Waals surface area (Å²) in [5.41, 5.74) is 12.2. The highest BCUT2D eigenvalue weighted by Crippen LogP contribution is 2.13. The molecule has 0 fully saturated rings. The van der Waals surface area contributed by atoms with Gasteiger partial charge in [-0.1, -0.05) is 32.4 Å². The normalized spacial score (nSPS) is 15.9. The molecular weight excluding hydrogens is 482 g/mol. The third-order valence-electron chi connectivity index (χ3n) is 6.20. The highest BCUT2D eigenvalue weighted by Gasteiger charge is 2.32. The van der Waals surface area contributed by atoms with Gasteiger partial charge in [-0.2, -0.15) is 0 Å². The van der Waals surface area contributed by atoms with E-state index in [0.29, 0.717) is 31.4 Å². The van der Waals surface area contributed by atoms with E-state index in [1.165, 1.54) is 19.1 Å². The van der Waals surface area contributed by atoms with Crippen LogP contribution in [0, 0.1) is 5.92 Å². The van der Waals surface area contributed by atoms with Gasteiger partial charge < -0.3 is 42.7 Å². The average molecular weight is 524 g/mol. The maximum absolute atomic E-state index is 13.3. The van der Waals surface area contributed by atoms with Gasteiger partial charge in [-0.05, 0) is 56.3 Å². The lowest BCUT2D eigenvalue weighted by Gasteiger charge is -2.26. The molecule has 1 rings (SSSR count).